The van der Waals surface area contributed by atoms with Gasteiger partial charge in [-0.2, -0.15) is 0 Å². The first-order valence-electron chi connectivity index (χ1n) is 6.65. The van der Waals surface area contributed by atoms with E-state index in [-0.39, 0.29) is 6.04 Å². The number of halogens is 1. The Morgan fingerprint density at radius 1 is 1.40 bits per heavy atom. The minimum atomic E-state index is 0.182. The van der Waals surface area contributed by atoms with Gasteiger partial charge in [0, 0.05) is 23.5 Å². The fraction of sp³-hybridized carbons (Fsp3) is 0.267. The van der Waals surface area contributed by atoms with Crippen LogP contribution in [0.2, 0.25) is 5.02 Å². The Balaban J connectivity index is 1.90. The van der Waals surface area contributed by atoms with Gasteiger partial charge in [0.1, 0.15) is 5.82 Å². The van der Waals surface area contributed by atoms with Crippen molar-refractivity contribution in [1.29, 1.82) is 0 Å². The van der Waals surface area contributed by atoms with Gasteiger partial charge in [-0.25, -0.2) is 4.98 Å². The Morgan fingerprint density at radius 2 is 2.30 bits per heavy atom. The third kappa shape index (κ3) is 1.79. The Kier molecular flexibility index (Phi) is 2.84. The minimum absolute atomic E-state index is 0.182. The summed E-state index contributed by atoms with van der Waals surface area (Å²) in [7, 11) is 2.07. The maximum absolute atomic E-state index is 6.07. The van der Waals surface area contributed by atoms with Crippen LogP contribution in [0, 0.1) is 0 Å². The van der Waals surface area contributed by atoms with Crippen LogP contribution in [0.5, 0.6) is 0 Å². The zero-order chi connectivity index (χ0) is 13.7. The molecule has 1 atom stereocenters. The lowest BCUT2D eigenvalue weighted by Gasteiger charge is -2.23. The molecule has 1 aliphatic heterocycles. The van der Waals surface area contributed by atoms with Crippen LogP contribution < -0.4 is 5.32 Å². The number of aryl methyl sites for hydroxylation is 1. The highest BCUT2D eigenvalue weighted by molar-refractivity contribution is 7.10. The molecular weight excluding hydrogens is 290 g/mol. The van der Waals surface area contributed by atoms with Crippen LogP contribution in [0.3, 0.4) is 0 Å². The summed E-state index contributed by atoms with van der Waals surface area (Å²) < 4.78 is 2.16. The van der Waals surface area contributed by atoms with E-state index >= 15 is 0 Å². The van der Waals surface area contributed by atoms with Gasteiger partial charge in [0.2, 0.25) is 0 Å². The van der Waals surface area contributed by atoms with Crippen molar-refractivity contribution in [2.45, 2.75) is 12.5 Å². The first-order chi connectivity index (χ1) is 9.74. The zero-order valence-electron chi connectivity index (χ0n) is 11.1. The topological polar surface area (TPSA) is 29.9 Å². The van der Waals surface area contributed by atoms with E-state index in [9.17, 15) is 0 Å². The van der Waals surface area contributed by atoms with Gasteiger partial charge in [-0.1, -0.05) is 11.6 Å². The molecule has 102 valence electrons. The maximum Gasteiger partial charge on any atom is 0.131 e. The Hall–Kier alpha value is -1.36. The van der Waals surface area contributed by atoms with E-state index in [0.717, 1.165) is 34.8 Å². The molecule has 0 saturated carbocycles. The molecule has 1 aromatic carbocycles. The third-order valence-corrected chi connectivity index (χ3v) is 5.16. The quantitative estimate of drug-likeness (QED) is 0.745. The molecule has 3 nitrogen and oxygen atoms in total. The minimum Gasteiger partial charge on any atom is -0.329 e. The van der Waals surface area contributed by atoms with Gasteiger partial charge in [-0.05, 0) is 41.6 Å². The summed E-state index contributed by atoms with van der Waals surface area (Å²) >= 11 is 7.91. The summed E-state index contributed by atoms with van der Waals surface area (Å²) in [5, 5.41) is 6.49. The van der Waals surface area contributed by atoms with E-state index in [2.05, 4.69) is 28.4 Å². The molecule has 0 fully saturated rings. The molecule has 0 aliphatic carbocycles. The molecule has 1 N–H and O–H groups in total. The number of aromatic nitrogens is 2. The van der Waals surface area contributed by atoms with Gasteiger partial charge >= 0.3 is 0 Å². The normalized spacial score (nSPS) is 18.4. The zero-order valence-corrected chi connectivity index (χ0v) is 12.6. The molecule has 20 heavy (non-hydrogen) atoms. The van der Waals surface area contributed by atoms with Gasteiger partial charge in [0.05, 0.1) is 17.1 Å². The molecule has 5 heteroatoms. The van der Waals surface area contributed by atoms with Crippen molar-refractivity contribution in [3.8, 4) is 0 Å². The van der Waals surface area contributed by atoms with Crippen LogP contribution >= 0.6 is 22.9 Å². The third-order valence-electron chi connectivity index (χ3n) is 3.93. The molecule has 0 spiro atoms. The van der Waals surface area contributed by atoms with Crippen molar-refractivity contribution in [1.82, 2.24) is 14.9 Å². The molecule has 3 aromatic rings. The lowest BCUT2D eigenvalue weighted by atomic mass is 10.0. The van der Waals surface area contributed by atoms with E-state index in [1.54, 1.807) is 0 Å². The number of thiophene rings is 1. The number of nitrogens with one attached hydrogen (secondary N) is 1. The van der Waals surface area contributed by atoms with Gasteiger partial charge in [-0.3, -0.25) is 0 Å². The number of hydrogen-bond acceptors (Lipinski definition) is 3. The number of hydrogen-bond donors (Lipinski definition) is 1. The second-order valence-corrected chi connectivity index (χ2v) is 6.54. The van der Waals surface area contributed by atoms with E-state index in [0.29, 0.717) is 0 Å². The summed E-state index contributed by atoms with van der Waals surface area (Å²) in [6.45, 7) is 1.00. The monoisotopic (exact) mass is 303 g/mol. The number of rotatable bonds is 1. The van der Waals surface area contributed by atoms with Crippen LogP contribution in [0.4, 0.5) is 0 Å². The standard InChI is InChI=1S/C15H14ClN3S/c1-19-12-3-2-9(16)8-11(12)18-15(19)14-10-5-7-20-13(10)4-6-17-14/h2-3,5,7-8,14,17H,4,6H2,1H3. The molecule has 4 rings (SSSR count). The van der Waals surface area contributed by atoms with Gasteiger partial charge < -0.3 is 9.88 Å². The van der Waals surface area contributed by atoms with Crippen LogP contribution in [-0.4, -0.2) is 16.1 Å². The van der Waals surface area contributed by atoms with Crippen molar-refractivity contribution in [2.75, 3.05) is 6.54 Å². The number of benzene rings is 1. The van der Waals surface area contributed by atoms with Crippen LogP contribution in [0.25, 0.3) is 11.0 Å². The highest BCUT2D eigenvalue weighted by atomic mass is 35.5. The molecular formula is C15H14ClN3S. The smallest absolute Gasteiger partial charge is 0.131 e. The van der Waals surface area contributed by atoms with Gasteiger partial charge in [-0.15, -0.1) is 11.3 Å². The lowest BCUT2D eigenvalue weighted by Crippen LogP contribution is -2.31. The molecule has 1 aliphatic rings. The molecule has 1 unspecified atom stereocenters. The Labute approximate surface area is 126 Å². The van der Waals surface area contributed by atoms with Crippen molar-refractivity contribution in [2.24, 2.45) is 7.05 Å². The van der Waals surface area contributed by atoms with Gasteiger partial charge in [0.15, 0.2) is 0 Å². The fourth-order valence-electron chi connectivity index (χ4n) is 2.93. The van der Waals surface area contributed by atoms with E-state index in [1.165, 1.54) is 10.4 Å². The van der Waals surface area contributed by atoms with E-state index < -0.39 is 0 Å². The number of fused-ring (bicyclic) bond motifs is 2. The molecule has 3 heterocycles. The van der Waals surface area contributed by atoms with Crippen LogP contribution in [-0.2, 0) is 13.5 Å². The molecule has 0 radical (unpaired) electrons. The highest BCUT2D eigenvalue weighted by Gasteiger charge is 2.26. The maximum atomic E-state index is 6.07. The van der Waals surface area contributed by atoms with Crippen molar-refractivity contribution in [3.05, 3.63) is 50.9 Å². The second-order valence-electron chi connectivity index (χ2n) is 5.10. The highest BCUT2D eigenvalue weighted by Crippen LogP contribution is 2.33. The van der Waals surface area contributed by atoms with Crippen molar-refractivity contribution in [3.63, 3.8) is 0 Å². The SMILES string of the molecule is Cn1c(C2NCCc3sccc32)nc2cc(Cl)ccc21. The van der Waals surface area contributed by atoms with Crippen LogP contribution in [0.1, 0.15) is 22.3 Å². The van der Waals surface area contributed by atoms with Gasteiger partial charge in [0.25, 0.3) is 0 Å². The average molecular weight is 304 g/mol. The van der Waals surface area contributed by atoms with Crippen molar-refractivity contribution < 1.29 is 0 Å². The van der Waals surface area contributed by atoms with E-state index in [4.69, 9.17) is 16.6 Å². The van der Waals surface area contributed by atoms with Crippen molar-refractivity contribution >= 4 is 34.0 Å². The lowest BCUT2D eigenvalue weighted by molar-refractivity contribution is 0.538. The summed E-state index contributed by atoms with van der Waals surface area (Å²) in [4.78, 5) is 6.27. The van der Waals surface area contributed by atoms with Crippen LogP contribution in [0.15, 0.2) is 29.6 Å². The summed E-state index contributed by atoms with van der Waals surface area (Å²) in [6, 6.07) is 8.27. The molecule has 0 bridgehead atoms. The fourth-order valence-corrected chi connectivity index (χ4v) is 4.02. The second kappa shape index (κ2) is 4.58. The number of imidazole rings is 1. The summed E-state index contributed by atoms with van der Waals surface area (Å²) in [5.41, 5.74) is 3.44. The first-order valence-corrected chi connectivity index (χ1v) is 7.91. The van der Waals surface area contributed by atoms with E-state index in [1.807, 2.05) is 29.5 Å². The summed E-state index contributed by atoms with van der Waals surface area (Å²) in [6.07, 6.45) is 1.11. The average Bonchev–Trinajstić information content (AvgIpc) is 3.03. The molecule has 0 amide bonds. The summed E-state index contributed by atoms with van der Waals surface area (Å²) in [5.74, 6) is 1.06. The predicted molar refractivity (Wildman–Crippen MR) is 83.6 cm³/mol. The first kappa shape index (κ1) is 12.4. The predicted octanol–water partition coefficient (Wildman–Crippen LogP) is 3.52. The number of nitrogens with zero attached hydrogens (tertiary/aromatic N) is 2. The largest absolute Gasteiger partial charge is 0.329 e. The molecule has 0 saturated heterocycles. The Bertz CT molecular complexity index is 790. The molecule has 2 aromatic heterocycles. The Morgan fingerprint density at radius 3 is 3.20 bits per heavy atom.